The molecule has 1 unspecified atom stereocenters. The van der Waals surface area contributed by atoms with E-state index in [0.29, 0.717) is 0 Å². The van der Waals surface area contributed by atoms with Crippen LogP contribution in [0.5, 0.6) is 0 Å². The van der Waals surface area contributed by atoms with Crippen LogP contribution in [0.4, 0.5) is 17.6 Å². The summed E-state index contributed by atoms with van der Waals surface area (Å²) in [7, 11) is 0. The Balaban J connectivity index is 2.43. The molecule has 0 spiro atoms. The van der Waals surface area contributed by atoms with E-state index in [9.17, 15) is 27.5 Å². The zero-order valence-electron chi connectivity index (χ0n) is 10.0. The first kappa shape index (κ1) is 14.3. The molecule has 1 amide bonds. The first-order chi connectivity index (χ1) is 9.17. The van der Waals surface area contributed by atoms with Gasteiger partial charge in [0.25, 0.3) is 11.6 Å². The van der Waals surface area contributed by atoms with Crippen molar-refractivity contribution in [3.63, 3.8) is 0 Å². The number of amides is 1. The van der Waals surface area contributed by atoms with Gasteiger partial charge in [-0.2, -0.15) is 13.2 Å². The van der Waals surface area contributed by atoms with Gasteiger partial charge in [0.2, 0.25) is 0 Å². The molecule has 108 valence electrons. The summed E-state index contributed by atoms with van der Waals surface area (Å²) in [5.41, 5.74) is -2.21. The van der Waals surface area contributed by atoms with Crippen LogP contribution in [0.25, 0.3) is 0 Å². The maximum atomic E-state index is 13.5. The molecule has 20 heavy (non-hydrogen) atoms. The van der Waals surface area contributed by atoms with Crippen LogP contribution in [-0.2, 0) is 0 Å². The first-order valence-electron chi connectivity index (χ1n) is 5.49. The number of benzene rings is 1. The molecule has 1 fully saturated rings. The molecule has 1 aliphatic heterocycles. The average Bonchev–Trinajstić information content (AvgIpc) is 2.65. The van der Waals surface area contributed by atoms with E-state index in [1.165, 1.54) is 12.1 Å². The van der Waals surface area contributed by atoms with E-state index >= 15 is 0 Å². The van der Waals surface area contributed by atoms with Crippen LogP contribution in [0.1, 0.15) is 16.8 Å². The van der Waals surface area contributed by atoms with Crippen LogP contribution in [0.2, 0.25) is 0 Å². The van der Waals surface area contributed by atoms with E-state index in [0.717, 1.165) is 12.1 Å². The highest BCUT2D eigenvalue weighted by Crippen LogP contribution is 2.41. The molecule has 1 atom stereocenters. The Labute approximate surface area is 111 Å². The monoisotopic (exact) mass is 290 g/mol. The molecule has 0 saturated carbocycles. The second kappa shape index (κ2) is 4.48. The summed E-state index contributed by atoms with van der Waals surface area (Å²) in [6.07, 6.45) is -6.03. The third kappa shape index (κ3) is 2.11. The number of carbonyl (C=O) groups is 1. The number of carbonyl (C=O) groups excluding carboxylic acids is 1. The molecule has 1 aromatic rings. The number of nitrogens with zero attached hydrogens (tertiary/aromatic N) is 1. The van der Waals surface area contributed by atoms with Gasteiger partial charge in [-0.3, -0.25) is 10.2 Å². The van der Waals surface area contributed by atoms with Gasteiger partial charge in [0.05, 0.1) is 5.56 Å². The number of aliphatic hydroxyl groups is 1. The van der Waals surface area contributed by atoms with Gasteiger partial charge >= 0.3 is 6.18 Å². The van der Waals surface area contributed by atoms with Gasteiger partial charge in [-0.1, -0.05) is 18.7 Å². The van der Waals surface area contributed by atoms with E-state index in [1.54, 1.807) is 0 Å². The van der Waals surface area contributed by atoms with Gasteiger partial charge in [0.15, 0.2) is 0 Å². The van der Waals surface area contributed by atoms with Gasteiger partial charge in [-0.15, -0.1) is 0 Å². The van der Waals surface area contributed by atoms with Crippen LogP contribution in [0.15, 0.2) is 36.5 Å². The van der Waals surface area contributed by atoms with Crippen molar-refractivity contribution in [2.24, 2.45) is 0 Å². The van der Waals surface area contributed by atoms with Crippen molar-refractivity contribution in [1.29, 1.82) is 0 Å². The number of hydrazine groups is 1. The first-order valence-corrected chi connectivity index (χ1v) is 5.49. The van der Waals surface area contributed by atoms with E-state index in [2.05, 4.69) is 6.58 Å². The molecule has 1 saturated heterocycles. The molecule has 0 bridgehead atoms. The van der Waals surface area contributed by atoms with Crippen molar-refractivity contribution in [3.8, 4) is 0 Å². The SMILES string of the molecule is C=C1CC(O)(C(F)(F)F)N(C(=O)c2ccccc2F)N1. The summed E-state index contributed by atoms with van der Waals surface area (Å²) in [5.74, 6) is -2.32. The Bertz CT molecular complexity index is 573. The number of hydrogen-bond acceptors (Lipinski definition) is 3. The summed E-state index contributed by atoms with van der Waals surface area (Å²) in [5, 5.41) is 9.67. The van der Waals surface area contributed by atoms with E-state index in [4.69, 9.17) is 0 Å². The van der Waals surface area contributed by atoms with E-state index in [-0.39, 0.29) is 10.7 Å². The molecule has 4 nitrogen and oxygen atoms in total. The lowest BCUT2D eigenvalue weighted by atomic mass is 10.1. The molecule has 2 N–H and O–H groups in total. The number of nitrogens with one attached hydrogen (secondary N) is 1. The maximum absolute atomic E-state index is 13.5. The Morgan fingerprint density at radius 1 is 1.40 bits per heavy atom. The summed E-state index contributed by atoms with van der Waals surface area (Å²) in [4.78, 5) is 12.0. The number of rotatable bonds is 1. The zero-order chi connectivity index (χ0) is 15.1. The molecule has 0 radical (unpaired) electrons. The summed E-state index contributed by atoms with van der Waals surface area (Å²) < 4.78 is 52.3. The normalized spacial score (nSPS) is 22.9. The van der Waals surface area contributed by atoms with Gasteiger partial charge in [0.1, 0.15) is 5.82 Å². The third-order valence-corrected chi connectivity index (χ3v) is 2.86. The van der Waals surface area contributed by atoms with Crippen LogP contribution in [-0.4, -0.2) is 27.9 Å². The molecule has 1 heterocycles. The summed E-state index contributed by atoms with van der Waals surface area (Å²) in [6, 6.07) is 4.55. The number of halogens is 4. The van der Waals surface area contributed by atoms with Gasteiger partial charge in [-0.05, 0) is 12.1 Å². The van der Waals surface area contributed by atoms with Crippen LogP contribution >= 0.6 is 0 Å². The quantitative estimate of drug-likeness (QED) is 0.777. The summed E-state index contributed by atoms with van der Waals surface area (Å²) >= 11 is 0. The number of hydrogen-bond donors (Lipinski definition) is 2. The molecule has 2 rings (SSSR count). The molecule has 1 aromatic carbocycles. The highest BCUT2D eigenvalue weighted by atomic mass is 19.4. The van der Waals surface area contributed by atoms with E-state index < -0.39 is 35.6 Å². The smallest absolute Gasteiger partial charge is 0.362 e. The lowest BCUT2D eigenvalue weighted by Gasteiger charge is -2.33. The average molecular weight is 290 g/mol. The fraction of sp³-hybridized carbons (Fsp3) is 0.250. The highest BCUT2D eigenvalue weighted by Gasteiger charge is 2.63. The van der Waals surface area contributed by atoms with Gasteiger partial charge < -0.3 is 5.11 Å². The molecular formula is C12H10F4N2O2. The predicted molar refractivity (Wildman–Crippen MR) is 60.5 cm³/mol. The number of alkyl halides is 3. The Kier molecular flexibility index (Phi) is 3.21. The van der Waals surface area contributed by atoms with Crippen molar-refractivity contribution >= 4 is 5.91 Å². The van der Waals surface area contributed by atoms with Crippen molar-refractivity contribution in [2.45, 2.75) is 18.3 Å². The van der Waals surface area contributed by atoms with Crippen LogP contribution in [0, 0.1) is 5.82 Å². The Morgan fingerprint density at radius 2 is 2.00 bits per heavy atom. The highest BCUT2D eigenvalue weighted by molar-refractivity contribution is 5.95. The lowest BCUT2D eigenvalue weighted by Crippen LogP contribution is -2.60. The standard InChI is InChI=1S/C12H10F4N2O2/c1-7-6-11(20,12(14,15)16)18(17-7)10(19)8-4-2-3-5-9(8)13/h2-5,17,20H,1,6H2. The third-order valence-electron chi connectivity index (χ3n) is 2.86. The topological polar surface area (TPSA) is 52.6 Å². The van der Waals surface area contributed by atoms with Crippen molar-refractivity contribution in [1.82, 2.24) is 10.4 Å². The molecule has 0 aromatic heterocycles. The fourth-order valence-electron chi connectivity index (χ4n) is 1.87. The predicted octanol–water partition coefficient (Wildman–Crippen LogP) is 1.94. The maximum Gasteiger partial charge on any atom is 0.438 e. The molecular weight excluding hydrogens is 280 g/mol. The van der Waals surface area contributed by atoms with E-state index in [1.807, 2.05) is 5.43 Å². The summed E-state index contributed by atoms with van der Waals surface area (Å²) in [6.45, 7) is 3.25. The minimum atomic E-state index is -5.11. The van der Waals surface area contributed by atoms with Crippen LogP contribution < -0.4 is 5.43 Å². The van der Waals surface area contributed by atoms with Crippen LogP contribution in [0.3, 0.4) is 0 Å². The minimum absolute atomic E-state index is 0.0479. The van der Waals surface area contributed by atoms with Gasteiger partial charge in [0, 0.05) is 12.1 Å². The second-order valence-electron chi connectivity index (χ2n) is 4.33. The fourth-order valence-corrected chi connectivity index (χ4v) is 1.87. The second-order valence-corrected chi connectivity index (χ2v) is 4.33. The zero-order valence-corrected chi connectivity index (χ0v) is 10.0. The largest absolute Gasteiger partial charge is 0.438 e. The van der Waals surface area contributed by atoms with Crippen molar-refractivity contribution in [3.05, 3.63) is 47.9 Å². The Morgan fingerprint density at radius 3 is 2.55 bits per heavy atom. The van der Waals surface area contributed by atoms with Gasteiger partial charge in [-0.25, -0.2) is 9.40 Å². The Hall–Kier alpha value is -2.09. The molecule has 8 heteroatoms. The lowest BCUT2D eigenvalue weighted by molar-refractivity contribution is -0.299. The van der Waals surface area contributed by atoms with Crippen molar-refractivity contribution < 1.29 is 27.5 Å². The molecule has 1 aliphatic rings. The van der Waals surface area contributed by atoms with Crippen molar-refractivity contribution in [2.75, 3.05) is 0 Å². The minimum Gasteiger partial charge on any atom is -0.362 e. The molecule has 0 aliphatic carbocycles.